The number of alkyl halides is 3. The Morgan fingerprint density at radius 3 is 2.64 bits per heavy atom. The Kier molecular flexibility index (Phi) is 5.54. The summed E-state index contributed by atoms with van der Waals surface area (Å²) < 4.78 is 46.4. The standard InChI is InChI=1S/C21H23F3N2O2/c1-13(2)7-8-25-20(27)18-11-19-17(9-14(3)28-19)26(18)12-15-5-4-6-16(10-15)21(22,23)24/h4-6,9-11,13H,7-8,12H2,1-3H3,(H,25,27). The summed E-state index contributed by atoms with van der Waals surface area (Å²) in [5.41, 5.74) is 1.35. The molecule has 0 saturated carbocycles. The van der Waals surface area contributed by atoms with Gasteiger partial charge in [-0.2, -0.15) is 13.2 Å². The average Bonchev–Trinajstić information content (AvgIpc) is 3.11. The summed E-state index contributed by atoms with van der Waals surface area (Å²) in [5.74, 6) is 0.863. The van der Waals surface area contributed by atoms with Crippen LogP contribution in [0, 0.1) is 12.8 Å². The Bertz CT molecular complexity index is 983. The Hall–Kier alpha value is -2.70. The van der Waals surface area contributed by atoms with Gasteiger partial charge in [-0.3, -0.25) is 4.79 Å². The average molecular weight is 392 g/mol. The number of rotatable bonds is 6. The highest BCUT2D eigenvalue weighted by atomic mass is 19.4. The van der Waals surface area contributed by atoms with Gasteiger partial charge in [0, 0.05) is 25.2 Å². The van der Waals surface area contributed by atoms with Gasteiger partial charge in [-0.15, -0.1) is 0 Å². The van der Waals surface area contributed by atoms with E-state index >= 15 is 0 Å². The predicted molar refractivity (Wildman–Crippen MR) is 101 cm³/mol. The number of nitrogens with one attached hydrogen (secondary N) is 1. The van der Waals surface area contributed by atoms with Crippen molar-refractivity contribution in [2.75, 3.05) is 6.54 Å². The number of fused-ring (bicyclic) bond motifs is 1. The number of carbonyl (C=O) groups excluding carboxylic acids is 1. The number of hydrogen-bond acceptors (Lipinski definition) is 2. The summed E-state index contributed by atoms with van der Waals surface area (Å²) >= 11 is 0. The van der Waals surface area contributed by atoms with E-state index < -0.39 is 11.7 Å². The molecule has 7 heteroatoms. The fourth-order valence-electron chi connectivity index (χ4n) is 3.12. The minimum Gasteiger partial charge on any atom is -0.460 e. The Balaban J connectivity index is 1.94. The number of nitrogens with zero attached hydrogens (tertiary/aromatic N) is 1. The highest BCUT2D eigenvalue weighted by Crippen LogP contribution is 2.30. The number of halogens is 3. The van der Waals surface area contributed by atoms with Gasteiger partial charge in [0.15, 0.2) is 5.58 Å². The van der Waals surface area contributed by atoms with Crippen LogP contribution in [0.4, 0.5) is 13.2 Å². The van der Waals surface area contributed by atoms with Gasteiger partial charge in [-0.1, -0.05) is 26.0 Å². The first-order valence-corrected chi connectivity index (χ1v) is 9.19. The molecular weight excluding hydrogens is 369 g/mol. The number of amides is 1. The quantitative estimate of drug-likeness (QED) is 0.612. The lowest BCUT2D eigenvalue weighted by molar-refractivity contribution is -0.137. The van der Waals surface area contributed by atoms with Crippen LogP contribution in [0.1, 0.15) is 47.6 Å². The number of aromatic nitrogens is 1. The lowest BCUT2D eigenvalue weighted by Crippen LogP contribution is -2.27. The molecule has 0 aliphatic heterocycles. The van der Waals surface area contributed by atoms with Gasteiger partial charge in [-0.25, -0.2) is 0 Å². The van der Waals surface area contributed by atoms with Crippen molar-refractivity contribution in [1.29, 1.82) is 0 Å². The fraction of sp³-hybridized carbons (Fsp3) is 0.381. The second kappa shape index (κ2) is 7.73. The fourth-order valence-corrected chi connectivity index (χ4v) is 3.12. The maximum Gasteiger partial charge on any atom is 0.416 e. The summed E-state index contributed by atoms with van der Waals surface area (Å²) in [6, 6.07) is 8.57. The number of carbonyl (C=O) groups is 1. The SMILES string of the molecule is Cc1cc2c(cc(C(=O)NCCC(C)C)n2Cc2cccc(C(F)(F)F)c2)o1. The first-order valence-electron chi connectivity index (χ1n) is 9.19. The lowest BCUT2D eigenvalue weighted by Gasteiger charge is -2.13. The summed E-state index contributed by atoms with van der Waals surface area (Å²) in [6.45, 7) is 6.60. The molecule has 1 N–H and O–H groups in total. The highest BCUT2D eigenvalue weighted by molar-refractivity contribution is 5.97. The van der Waals surface area contributed by atoms with E-state index in [2.05, 4.69) is 19.2 Å². The number of benzene rings is 1. The van der Waals surface area contributed by atoms with Gasteiger partial charge >= 0.3 is 6.18 Å². The molecule has 0 unspecified atom stereocenters. The van der Waals surface area contributed by atoms with Crippen LogP contribution < -0.4 is 5.32 Å². The van der Waals surface area contributed by atoms with Gasteiger partial charge in [-0.05, 0) is 37.0 Å². The smallest absolute Gasteiger partial charge is 0.416 e. The Morgan fingerprint density at radius 1 is 1.21 bits per heavy atom. The van der Waals surface area contributed by atoms with Crippen molar-refractivity contribution in [3.8, 4) is 0 Å². The van der Waals surface area contributed by atoms with Crippen molar-refractivity contribution in [1.82, 2.24) is 9.88 Å². The zero-order chi connectivity index (χ0) is 20.5. The van der Waals surface area contributed by atoms with E-state index in [9.17, 15) is 18.0 Å². The largest absolute Gasteiger partial charge is 0.460 e. The van der Waals surface area contributed by atoms with Gasteiger partial charge in [0.25, 0.3) is 5.91 Å². The third-order valence-electron chi connectivity index (χ3n) is 4.55. The molecule has 0 bridgehead atoms. The van der Waals surface area contributed by atoms with Crippen LogP contribution in [0.3, 0.4) is 0 Å². The van der Waals surface area contributed by atoms with E-state index in [4.69, 9.17) is 4.42 Å². The van der Waals surface area contributed by atoms with E-state index in [1.165, 1.54) is 6.07 Å². The van der Waals surface area contributed by atoms with E-state index in [1.807, 2.05) is 0 Å². The van der Waals surface area contributed by atoms with Gasteiger partial charge in [0.05, 0.1) is 11.1 Å². The molecule has 0 aliphatic rings. The third-order valence-corrected chi connectivity index (χ3v) is 4.55. The first kappa shape index (κ1) is 20.0. The first-order chi connectivity index (χ1) is 13.1. The molecule has 3 aromatic rings. The van der Waals surface area contributed by atoms with E-state index in [0.29, 0.717) is 40.6 Å². The molecule has 3 rings (SSSR count). The minimum absolute atomic E-state index is 0.138. The summed E-state index contributed by atoms with van der Waals surface area (Å²) in [5, 5.41) is 2.88. The van der Waals surface area contributed by atoms with Crippen LogP contribution in [0.25, 0.3) is 11.1 Å². The zero-order valence-corrected chi connectivity index (χ0v) is 16.1. The minimum atomic E-state index is -4.41. The van der Waals surface area contributed by atoms with Crippen LogP contribution in [-0.4, -0.2) is 17.0 Å². The van der Waals surface area contributed by atoms with Crippen molar-refractivity contribution < 1.29 is 22.4 Å². The van der Waals surface area contributed by atoms with Crippen LogP contribution in [0.5, 0.6) is 0 Å². The molecular formula is C21H23F3N2O2. The summed E-state index contributed by atoms with van der Waals surface area (Å²) in [7, 11) is 0. The molecule has 0 atom stereocenters. The van der Waals surface area contributed by atoms with Crippen molar-refractivity contribution >= 4 is 17.0 Å². The van der Waals surface area contributed by atoms with Crippen LogP contribution in [0.2, 0.25) is 0 Å². The molecule has 2 aromatic heterocycles. The van der Waals surface area contributed by atoms with Crippen molar-refractivity contribution in [2.45, 2.75) is 39.9 Å². The summed E-state index contributed by atoms with van der Waals surface area (Å²) in [4.78, 5) is 12.7. The molecule has 0 fully saturated rings. The molecule has 150 valence electrons. The Labute approximate surface area is 161 Å². The summed E-state index contributed by atoms with van der Waals surface area (Å²) in [6.07, 6.45) is -3.57. The van der Waals surface area contributed by atoms with E-state index in [1.54, 1.807) is 29.7 Å². The molecule has 0 aliphatic carbocycles. The molecule has 1 aromatic carbocycles. The number of hydrogen-bond donors (Lipinski definition) is 1. The second-order valence-electron chi connectivity index (χ2n) is 7.36. The molecule has 0 spiro atoms. The maximum absolute atomic E-state index is 13.0. The number of furan rings is 1. The molecule has 1 amide bonds. The topological polar surface area (TPSA) is 47.2 Å². The molecule has 4 nitrogen and oxygen atoms in total. The predicted octanol–water partition coefficient (Wildman–Crippen LogP) is 5.39. The van der Waals surface area contributed by atoms with Crippen molar-refractivity contribution in [3.05, 3.63) is 59.0 Å². The van der Waals surface area contributed by atoms with Crippen LogP contribution in [-0.2, 0) is 12.7 Å². The van der Waals surface area contributed by atoms with E-state index in [-0.39, 0.29) is 12.5 Å². The highest BCUT2D eigenvalue weighted by Gasteiger charge is 2.30. The normalized spacial score (nSPS) is 12.1. The van der Waals surface area contributed by atoms with Crippen LogP contribution >= 0.6 is 0 Å². The van der Waals surface area contributed by atoms with Crippen molar-refractivity contribution in [2.24, 2.45) is 5.92 Å². The molecule has 2 heterocycles. The maximum atomic E-state index is 13.0. The number of aryl methyl sites for hydroxylation is 1. The zero-order valence-electron chi connectivity index (χ0n) is 16.1. The third kappa shape index (κ3) is 4.40. The van der Waals surface area contributed by atoms with Crippen molar-refractivity contribution in [3.63, 3.8) is 0 Å². The van der Waals surface area contributed by atoms with Gasteiger partial charge < -0.3 is 14.3 Å². The van der Waals surface area contributed by atoms with Gasteiger partial charge in [0.2, 0.25) is 0 Å². The second-order valence-corrected chi connectivity index (χ2v) is 7.36. The van der Waals surface area contributed by atoms with Gasteiger partial charge in [0.1, 0.15) is 11.5 Å². The molecule has 0 saturated heterocycles. The van der Waals surface area contributed by atoms with E-state index in [0.717, 1.165) is 18.6 Å². The van der Waals surface area contributed by atoms with Crippen LogP contribution in [0.15, 0.2) is 40.8 Å². The monoisotopic (exact) mass is 392 g/mol. The molecule has 28 heavy (non-hydrogen) atoms. The molecule has 0 radical (unpaired) electrons. The Morgan fingerprint density at radius 2 is 1.96 bits per heavy atom. The lowest BCUT2D eigenvalue weighted by atomic mass is 10.1.